The monoisotopic (exact) mass is 135 g/mol. The van der Waals surface area contributed by atoms with E-state index in [1.54, 1.807) is 6.08 Å². The number of ketones is 1. The smallest absolute Gasteiger partial charge is 0.159 e. The molecule has 1 radical (unpaired) electrons. The van der Waals surface area contributed by atoms with E-state index in [4.69, 9.17) is 0 Å². The van der Waals surface area contributed by atoms with Crippen LogP contribution in [-0.2, 0) is 4.79 Å². The largest absolute Gasteiger partial charge is 0.295 e. The maximum Gasteiger partial charge on any atom is 0.159 e. The van der Waals surface area contributed by atoms with Crippen molar-refractivity contribution in [1.82, 2.24) is 0 Å². The highest BCUT2D eigenvalue weighted by atomic mass is 16.1. The molecule has 0 heterocycles. The minimum absolute atomic E-state index is 0.185. The normalized spacial score (nSPS) is 17.9. The van der Waals surface area contributed by atoms with E-state index in [0.29, 0.717) is 12.3 Å². The van der Waals surface area contributed by atoms with Crippen LogP contribution < -0.4 is 0 Å². The molecule has 10 heavy (non-hydrogen) atoms. The Balaban J connectivity index is 2.67. The Morgan fingerprint density at radius 2 is 2.30 bits per heavy atom. The van der Waals surface area contributed by atoms with Gasteiger partial charge in [0.05, 0.1) is 0 Å². The lowest BCUT2D eigenvalue weighted by molar-refractivity contribution is -0.113. The summed E-state index contributed by atoms with van der Waals surface area (Å²) in [5, 5.41) is 0. The van der Waals surface area contributed by atoms with Crippen LogP contribution in [0.15, 0.2) is 23.8 Å². The number of carbonyl (C=O) groups excluding carboxylic acids is 1. The average Bonchev–Trinajstić information content (AvgIpc) is 1.88. The van der Waals surface area contributed by atoms with Gasteiger partial charge in [-0.25, -0.2) is 0 Å². The van der Waals surface area contributed by atoms with Crippen LogP contribution in [0.3, 0.4) is 0 Å². The number of carbonyl (C=O) groups is 1. The Morgan fingerprint density at radius 1 is 1.60 bits per heavy atom. The SMILES string of the molecule is [CH2]C(C)C1=CCC(=O)C=C1. The third-order valence-electron chi connectivity index (χ3n) is 1.57. The molecule has 0 saturated carbocycles. The summed E-state index contributed by atoms with van der Waals surface area (Å²) in [4.78, 5) is 10.7. The van der Waals surface area contributed by atoms with Gasteiger partial charge in [-0.05, 0) is 24.5 Å². The van der Waals surface area contributed by atoms with Crippen LogP contribution in [0.2, 0.25) is 0 Å². The molecule has 53 valence electrons. The van der Waals surface area contributed by atoms with Crippen molar-refractivity contribution in [2.45, 2.75) is 13.3 Å². The van der Waals surface area contributed by atoms with Gasteiger partial charge in [-0.1, -0.05) is 19.1 Å². The highest BCUT2D eigenvalue weighted by molar-refractivity contribution is 5.92. The van der Waals surface area contributed by atoms with Crippen molar-refractivity contribution in [1.29, 1.82) is 0 Å². The third kappa shape index (κ3) is 1.56. The quantitative estimate of drug-likeness (QED) is 0.536. The van der Waals surface area contributed by atoms with Gasteiger partial charge >= 0.3 is 0 Å². The molecule has 0 spiro atoms. The van der Waals surface area contributed by atoms with E-state index >= 15 is 0 Å². The molecule has 1 aliphatic carbocycles. The lowest BCUT2D eigenvalue weighted by atomic mass is 9.97. The summed E-state index contributed by atoms with van der Waals surface area (Å²) in [5.74, 6) is 0.480. The first kappa shape index (κ1) is 7.26. The topological polar surface area (TPSA) is 17.1 Å². The highest BCUT2D eigenvalue weighted by Gasteiger charge is 2.05. The van der Waals surface area contributed by atoms with Crippen LogP contribution in [-0.4, -0.2) is 5.78 Å². The molecule has 0 saturated heterocycles. The van der Waals surface area contributed by atoms with Crippen LogP contribution in [0.1, 0.15) is 13.3 Å². The fraction of sp³-hybridized carbons (Fsp3) is 0.333. The Bertz CT molecular complexity index is 197. The molecule has 1 rings (SSSR count). The van der Waals surface area contributed by atoms with E-state index in [9.17, 15) is 4.79 Å². The van der Waals surface area contributed by atoms with E-state index < -0.39 is 0 Å². The second kappa shape index (κ2) is 2.82. The predicted octanol–water partition coefficient (Wildman–Crippen LogP) is 1.91. The summed E-state index contributed by atoms with van der Waals surface area (Å²) in [5.41, 5.74) is 1.17. The third-order valence-corrected chi connectivity index (χ3v) is 1.57. The van der Waals surface area contributed by atoms with Crippen molar-refractivity contribution in [3.8, 4) is 0 Å². The molecule has 0 aliphatic heterocycles. The van der Waals surface area contributed by atoms with E-state index in [0.717, 1.165) is 0 Å². The Labute approximate surface area is 61.4 Å². The molecule has 0 aromatic carbocycles. The molecule has 1 unspecified atom stereocenters. The number of rotatable bonds is 1. The Kier molecular flexibility index (Phi) is 2.05. The second-order valence-electron chi connectivity index (χ2n) is 2.61. The molecule has 0 amide bonds. The average molecular weight is 135 g/mol. The van der Waals surface area contributed by atoms with Gasteiger partial charge in [-0.2, -0.15) is 0 Å². The summed E-state index contributed by atoms with van der Waals surface area (Å²) >= 11 is 0. The lowest BCUT2D eigenvalue weighted by Gasteiger charge is -2.08. The summed E-state index contributed by atoms with van der Waals surface area (Å²) in [6.45, 7) is 5.88. The Morgan fingerprint density at radius 3 is 2.70 bits per heavy atom. The molecule has 0 fully saturated rings. The lowest BCUT2D eigenvalue weighted by Crippen LogP contribution is -2.00. The van der Waals surface area contributed by atoms with Crippen LogP contribution in [0.4, 0.5) is 0 Å². The van der Waals surface area contributed by atoms with E-state index in [1.165, 1.54) is 5.57 Å². The van der Waals surface area contributed by atoms with E-state index in [1.807, 2.05) is 19.1 Å². The maximum absolute atomic E-state index is 10.7. The van der Waals surface area contributed by atoms with Crippen molar-refractivity contribution in [3.63, 3.8) is 0 Å². The molecule has 0 bridgehead atoms. The van der Waals surface area contributed by atoms with E-state index in [-0.39, 0.29) is 5.78 Å². The second-order valence-corrected chi connectivity index (χ2v) is 2.61. The van der Waals surface area contributed by atoms with Crippen molar-refractivity contribution < 1.29 is 4.79 Å². The molecule has 0 aromatic heterocycles. The van der Waals surface area contributed by atoms with Gasteiger partial charge in [0.1, 0.15) is 0 Å². The molecular weight excluding hydrogens is 124 g/mol. The number of hydrogen-bond acceptors (Lipinski definition) is 1. The zero-order valence-corrected chi connectivity index (χ0v) is 6.13. The fourth-order valence-electron chi connectivity index (χ4n) is 0.909. The zero-order valence-electron chi connectivity index (χ0n) is 6.13. The van der Waals surface area contributed by atoms with Gasteiger partial charge in [-0.15, -0.1) is 0 Å². The van der Waals surface area contributed by atoms with Crippen molar-refractivity contribution in [2.75, 3.05) is 0 Å². The van der Waals surface area contributed by atoms with Gasteiger partial charge in [-0.3, -0.25) is 4.79 Å². The van der Waals surface area contributed by atoms with Crippen LogP contribution >= 0.6 is 0 Å². The molecule has 1 atom stereocenters. The standard InChI is InChI=1S/C9H11O/c1-7(2)8-3-5-9(10)6-4-8/h3-5,7H,1,6H2,2H3. The molecular formula is C9H11O. The molecule has 1 heteroatoms. The number of allylic oxidation sites excluding steroid dienone is 4. The maximum atomic E-state index is 10.7. The van der Waals surface area contributed by atoms with Gasteiger partial charge in [0, 0.05) is 6.42 Å². The first-order chi connectivity index (χ1) is 4.70. The van der Waals surface area contributed by atoms with Crippen LogP contribution in [0, 0.1) is 12.8 Å². The summed E-state index contributed by atoms with van der Waals surface area (Å²) < 4.78 is 0. The van der Waals surface area contributed by atoms with Crippen molar-refractivity contribution >= 4 is 5.78 Å². The van der Waals surface area contributed by atoms with Crippen LogP contribution in [0.25, 0.3) is 0 Å². The highest BCUT2D eigenvalue weighted by Crippen LogP contribution is 2.15. The van der Waals surface area contributed by atoms with Gasteiger partial charge < -0.3 is 0 Å². The van der Waals surface area contributed by atoms with Crippen molar-refractivity contribution in [2.24, 2.45) is 5.92 Å². The molecule has 1 aliphatic rings. The first-order valence-electron chi connectivity index (χ1n) is 3.44. The van der Waals surface area contributed by atoms with Crippen molar-refractivity contribution in [3.05, 3.63) is 30.7 Å². The van der Waals surface area contributed by atoms with Gasteiger partial charge in [0.15, 0.2) is 5.78 Å². The molecule has 0 aromatic rings. The minimum Gasteiger partial charge on any atom is -0.295 e. The number of hydrogen-bond donors (Lipinski definition) is 0. The summed E-state index contributed by atoms with van der Waals surface area (Å²) in [6, 6.07) is 0. The van der Waals surface area contributed by atoms with Gasteiger partial charge in [0.25, 0.3) is 0 Å². The minimum atomic E-state index is 0.185. The first-order valence-corrected chi connectivity index (χ1v) is 3.44. The van der Waals surface area contributed by atoms with E-state index in [2.05, 4.69) is 6.92 Å². The molecule has 0 N–H and O–H groups in total. The summed E-state index contributed by atoms with van der Waals surface area (Å²) in [6.07, 6.45) is 5.96. The summed E-state index contributed by atoms with van der Waals surface area (Å²) in [7, 11) is 0. The van der Waals surface area contributed by atoms with Gasteiger partial charge in [0.2, 0.25) is 0 Å². The Hall–Kier alpha value is -0.850. The fourth-order valence-corrected chi connectivity index (χ4v) is 0.909. The molecule has 1 nitrogen and oxygen atoms in total. The zero-order chi connectivity index (χ0) is 7.56. The van der Waals surface area contributed by atoms with Crippen LogP contribution in [0.5, 0.6) is 0 Å². The predicted molar refractivity (Wildman–Crippen MR) is 41.4 cm³/mol.